The first-order chi connectivity index (χ1) is 11.8. The summed E-state index contributed by atoms with van der Waals surface area (Å²) < 4.78 is 11.5. The normalized spacial score (nSPS) is 20.7. The van der Waals surface area contributed by atoms with Crippen molar-refractivity contribution in [3.63, 3.8) is 0 Å². The average molecular weight is 332 g/mol. The van der Waals surface area contributed by atoms with E-state index in [1.807, 2.05) is 6.07 Å². The Morgan fingerprint density at radius 1 is 1.21 bits per heavy atom. The molecule has 1 aliphatic rings. The molecule has 0 aromatic heterocycles. The lowest BCUT2D eigenvalue weighted by Crippen LogP contribution is -2.19. The van der Waals surface area contributed by atoms with Gasteiger partial charge >= 0.3 is 5.97 Å². The van der Waals surface area contributed by atoms with Gasteiger partial charge in [-0.25, -0.2) is 0 Å². The van der Waals surface area contributed by atoms with Crippen LogP contribution in [0.2, 0.25) is 0 Å². The van der Waals surface area contributed by atoms with E-state index in [-0.39, 0.29) is 6.42 Å². The first-order valence-electron chi connectivity index (χ1n) is 8.82. The lowest BCUT2D eigenvalue weighted by atomic mass is 9.93. The molecule has 132 valence electrons. The molecule has 2 rings (SSSR count). The van der Waals surface area contributed by atoms with Crippen molar-refractivity contribution in [1.29, 1.82) is 0 Å². The van der Waals surface area contributed by atoms with E-state index in [9.17, 15) is 4.79 Å². The summed E-state index contributed by atoms with van der Waals surface area (Å²) in [4.78, 5) is 10.4. The largest absolute Gasteiger partial charge is 0.481 e. The van der Waals surface area contributed by atoms with Crippen molar-refractivity contribution in [2.75, 3.05) is 26.4 Å². The molecule has 1 aliphatic heterocycles. The van der Waals surface area contributed by atoms with E-state index >= 15 is 0 Å². The van der Waals surface area contributed by atoms with Gasteiger partial charge in [-0.15, -0.1) is 0 Å². The molecule has 1 fully saturated rings. The third-order valence-corrected chi connectivity index (χ3v) is 4.41. The predicted octanol–water partition coefficient (Wildman–Crippen LogP) is 3.71. The quantitative estimate of drug-likeness (QED) is 0.496. The van der Waals surface area contributed by atoms with Crippen LogP contribution in [-0.4, -0.2) is 37.5 Å². The van der Waals surface area contributed by atoms with Crippen molar-refractivity contribution in [2.24, 2.45) is 11.8 Å². The molecule has 0 spiro atoms. The van der Waals surface area contributed by atoms with Crippen molar-refractivity contribution < 1.29 is 19.4 Å². The Bertz CT molecular complexity index is 498. The highest BCUT2D eigenvalue weighted by Crippen LogP contribution is 2.24. The number of aliphatic carboxylic acids is 1. The molecule has 2 atom stereocenters. The number of hydrogen-bond acceptors (Lipinski definition) is 3. The summed E-state index contributed by atoms with van der Waals surface area (Å²) in [5.74, 6) is 0.252. The van der Waals surface area contributed by atoms with Crippen LogP contribution in [0.5, 0.6) is 0 Å². The lowest BCUT2D eigenvalue weighted by molar-refractivity contribution is -0.137. The Kier molecular flexibility index (Phi) is 8.56. The Hall–Kier alpha value is -1.65. The molecule has 24 heavy (non-hydrogen) atoms. The molecule has 0 amide bonds. The number of carbonyl (C=O) groups is 1. The first kappa shape index (κ1) is 18.7. The van der Waals surface area contributed by atoms with Crippen molar-refractivity contribution in [1.82, 2.24) is 0 Å². The van der Waals surface area contributed by atoms with E-state index in [1.54, 1.807) is 0 Å². The van der Waals surface area contributed by atoms with Gasteiger partial charge in [0.25, 0.3) is 0 Å². The average Bonchev–Trinajstić information content (AvgIpc) is 3.03. The molecular formula is C20H28O4. The molecule has 0 saturated carbocycles. The highest BCUT2D eigenvalue weighted by molar-refractivity contribution is 5.66. The molecule has 0 aliphatic carbocycles. The first-order valence-corrected chi connectivity index (χ1v) is 8.82. The van der Waals surface area contributed by atoms with Crippen molar-refractivity contribution in [3.8, 4) is 0 Å². The number of benzene rings is 1. The number of hydrogen-bond donors (Lipinski definition) is 1. The van der Waals surface area contributed by atoms with Crippen LogP contribution >= 0.6 is 0 Å². The van der Waals surface area contributed by atoms with Gasteiger partial charge in [0, 0.05) is 12.3 Å². The number of ether oxygens (including phenoxy) is 2. The van der Waals surface area contributed by atoms with Gasteiger partial charge in [-0.1, -0.05) is 42.5 Å². The van der Waals surface area contributed by atoms with Crippen LogP contribution < -0.4 is 0 Å². The third-order valence-electron chi connectivity index (χ3n) is 4.41. The second-order valence-corrected chi connectivity index (χ2v) is 6.36. The number of unbranched alkanes of at least 4 members (excludes halogenated alkanes) is 1. The molecule has 4 nitrogen and oxygen atoms in total. The van der Waals surface area contributed by atoms with E-state index in [1.165, 1.54) is 5.56 Å². The van der Waals surface area contributed by atoms with Crippen LogP contribution in [0, 0.1) is 11.8 Å². The molecule has 1 N–H and O–H groups in total. The van der Waals surface area contributed by atoms with Crippen LogP contribution in [0.1, 0.15) is 31.2 Å². The van der Waals surface area contributed by atoms with Crippen LogP contribution in [0.15, 0.2) is 42.5 Å². The van der Waals surface area contributed by atoms with Crippen molar-refractivity contribution >= 4 is 5.97 Å². The topological polar surface area (TPSA) is 55.8 Å². The summed E-state index contributed by atoms with van der Waals surface area (Å²) in [7, 11) is 0. The van der Waals surface area contributed by atoms with Crippen molar-refractivity contribution in [2.45, 2.75) is 32.1 Å². The van der Waals surface area contributed by atoms with E-state index in [0.717, 1.165) is 45.7 Å². The molecule has 1 aromatic carbocycles. The van der Waals surface area contributed by atoms with Gasteiger partial charge in [0.1, 0.15) is 0 Å². The molecule has 1 heterocycles. The summed E-state index contributed by atoms with van der Waals surface area (Å²) in [6.45, 7) is 3.08. The summed E-state index contributed by atoms with van der Waals surface area (Å²) in [5.41, 5.74) is 1.31. The summed E-state index contributed by atoms with van der Waals surface area (Å²) in [6.07, 6.45) is 7.97. The van der Waals surface area contributed by atoms with Gasteiger partial charge < -0.3 is 14.6 Å². The molecule has 0 bridgehead atoms. The van der Waals surface area contributed by atoms with Crippen LogP contribution in [0.3, 0.4) is 0 Å². The predicted molar refractivity (Wildman–Crippen MR) is 94.0 cm³/mol. The smallest absolute Gasteiger partial charge is 0.303 e. The zero-order valence-electron chi connectivity index (χ0n) is 14.2. The van der Waals surface area contributed by atoms with Gasteiger partial charge in [-0.05, 0) is 37.2 Å². The second-order valence-electron chi connectivity index (χ2n) is 6.36. The molecular weight excluding hydrogens is 304 g/mol. The standard InChI is InChI=1S/C20H28O4/c21-20(22)11-7-2-1-6-10-18-14-24-16-19(18)15-23-13-12-17-8-4-3-5-9-17/h1,3-6,8-9,18-19H,2,7,10-16H2,(H,21,22)/b6-1-/t18-,19-/m0/s1. The maximum atomic E-state index is 10.4. The van der Waals surface area contributed by atoms with Gasteiger partial charge in [0.05, 0.1) is 26.4 Å². The Labute approximate surface area is 144 Å². The fraction of sp³-hybridized carbons (Fsp3) is 0.550. The fourth-order valence-electron chi connectivity index (χ4n) is 2.92. The molecule has 1 saturated heterocycles. The van der Waals surface area contributed by atoms with Gasteiger partial charge in [0.15, 0.2) is 0 Å². The number of allylic oxidation sites excluding steroid dienone is 2. The Morgan fingerprint density at radius 2 is 2.00 bits per heavy atom. The van der Waals surface area contributed by atoms with Crippen molar-refractivity contribution in [3.05, 3.63) is 48.0 Å². The van der Waals surface area contributed by atoms with E-state index in [2.05, 4.69) is 36.4 Å². The second kappa shape index (κ2) is 11.0. The minimum Gasteiger partial charge on any atom is -0.481 e. The minimum atomic E-state index is -0.722. The van der Waals surface area contributed by atoms with E-state index in [4.69, 9.17) is 14.6 Å². The Balaban J connectivity index is 1.58. The zero-order chi connectivity index (χ0) is 17.0. The number of carboxylic acids is 1. The minimum absolute atomic E-state index is 0.245. The van der Waals surface area contributed by atoms with Gasteiger partial charge in [0.2, 0.25) is 0 Å². The van der Waals surface area contributed by atoms with E-state index in [0.29, 0.717) is 18.3 Å². The maximum Gasteiger partial charge on any atom is 0.303 e. The number of carboxylic acid groups (broad SMARTS) is 1. The van der Waals surface area contributed by atoms with Gasteiger partial charge in [-0.3, -0.25) is 4.79 Å². The van der Waals surface area contributed by atoms with Gasteiger partial charge in [-0.2, -0.15) is 0 Å². The Morgan fingerprint density at radius 3 is 2.79 bits per heavy atom. The van der Waals surface area contributed by atoms with Crippen LogP contribution in [-0.2, 0) is 20.7 Å². The molecule has 1 aromatic rings. The highest BCUT2D eigenvalue weighted by Gasteiger charge is 2.27. The van der Waals surface area contributed by atoms with E-state index < -0.39 is 5.97 Å². The highest BCUT2D eigenvalue weighted by atomic mass is 16.5. The third kappa shape index (κ3) is 7.28. The SMILES string of the molecule is O=C(O)CCC/C=C\C[C@H]1COC[C@@H]1COCCc1ccccc1. The summed E-state index contributed by atoms with van der Waals surface area (Å²) in [5, 5.41) is 8.60. The van der Waals surface area contributed by atoms with Crippen LogP contribution in [0.25, 0.3) is 0 Å². The zero-order valence-corrected chi connectivity index (χ0v) is 14.2. The summed E-state index contributed by atoms with van der Waals surface area (Å²) in [6, 6.07) is 10.4. The maximum absolute atomic E-state index is 10.4. The fourth-order valence-corrected chi connectivity index (χ4v) is 2.92. The lowest BCUT2D eigenvalue weighted by Gasteiger charge is -2.16. The molecule has 0 radical (unpaired) electrons. The summed E-state index contributed by atoms with van der Waals surface area (Å²) >= 11 is 0. The molecule has 4 heteroatoms. The van der Waals surface area contributed by atoms with Crippen LogP contribution in [0.4, 0.5) is 0 Å². The molecule has 0 unspecified atom stereocenters. The number of rotatable bonds is 11. The monoisotopic (exact) mass is 332 g/mol.